The van der Waals surface area contributed by atoms with Gasteiger partial charge in [-0.15, -0.1) is 0 Å². The maximum Gasteiger partial charge on any atom is 0.124 e. The van der Waals surface area contributed by atoms with Crippen LogP contribution in [0.1, 0.15) is 0 Å². The molecule has 0 heterocycles. The van der Waals surface area contributed by atoms with Crippen LogP contribution < -0.4 is 0 Å². The highest BCUT2D eigenvalue weighted by molar-refractivity contribution is 9.10. The molecule has 76 valence electrons. The standard InChI is InChI=1S/C12H8Br2O/c13-9-6-4-8(5-7-9)12-10(14)2-1-3-11(12)15/h1-7,15H. The van der Waals surface area contributed by atoms with Gasteiger partial charge in [-0.05, 0) is 29.8 Å². The van der Waals surface area contributed by atoms with Gasteiger partial charge in [-0.25, -0.2) is 0 Å². The van der Waals surface area contributed by atoms with E-state index in [0.717, 1.165) is 20.1 Å². The van der Waals surface area contributed by atoms with Crippen molar-refractivity contribution in [1.82, 2.24) is 0 Å². The van der Waals surface area contributed by atoms with E-state index < -0.39 is 0 Å². The number of benzene rings is 2. The van der Waals surface area contributed by atoms with E-state index in [0.29, 0.717) is 0 Å². The molecule has 2 rings (SSSR count). The molecular weight excluding hydrogens is 320 g/mol. The predicted octanol–water partition coefficient (Wildman–Crippen LogP) is 4.58. The van der Waals surface area contributed by atoms with Crippen molar-refractivity contribution in [1.29, 1.82) is 0 Å². The zero-order valence-corrected chi connectivity index (χ0v) is 10.9. The fourth-order valence-corrected chi connectivity index (χ4v) is 2.26. The Morgan fingerprint density at radius 2 is 1.53 bits per heavy atom. The zero-order valence-electron chi connectivity index (χ0n) is 7.74. The third-order valence-electron chi connectivity index (χ3n) is 2.12. The Kier molecular flexibility index (Phi) is 3.12. The van der Waals surface area contributed by atoms with Crippen LogP contribution in [0, 0.1) is 0 Å². The van der Waals surface area contributed by atoms with Crippen LogP contribution in [0.25, 0.3) is 11.1 Å². The molecule has 0 unspecified atom stereocenters. The van der Waals surface area contributed by atoms with E-state index in [9.17, 15) is 5.11 Å². The lowest BCUT2D eigenvalue weighted by atomic mass is 10.1. The predicted molar refractivity (Wildman–Crippen MR) is 68.9 cm³/mol. The highest BCUT2D eigenvalue weighted by Gasteiger charge is 2.07. The number of rotatable bonds is 1. The van der Waals surface area contributed by atoms with E-state index in [4.69, 9.17) is 0 Å². The maximum atomic E-state index is 9.77. The molecule has 0 saturated heterocycles. The average Bonchev–Trinajstić information content (AvgIpc) is 2.20. The summed E-state index contributed by atoms with van der Waals surface area (Å²) in [7, 11) is 0. The van der Waals surface area contributed by atoms with Crippen LogP contribution in [-0.2, 0) is 0 Å². The second-order valence-corrected chi connectivity index (χ2v) is 4.91. The first kappa shape index (κ1) is 10.7. The van der Waals surface area contributed by atoms with E-state index in [-0.39, 0.29) is 5.75 Å². The monoisotopic (exact) mass is 326 g/mol. The van der Waals surface area contributed by atoms with Crippen LogP contribution >= 0.6 is 31.9 Å². The molecule has 0 saturated carbocycles. The first-order chi connectivity index (χ1) is 7.18. The molecule has 15 heavy (non-hydrogen) atoms. The Morgan fingerprint density at radius 3 is 2.13 bits per heavy atom. The third-order valence-corrected chi connectivity index (χ3v) is 3.31. The van der Waals surface area contributed by atoms with Gasteiger partial charge in [0.1, 0.15) is 5.75 Å². The molecule has 3 heteroatoms. The normalized spacial score (nSPS) is 10.3. The molecule has 0 aliphatic heterocycles. The summed E-state index contributed by atoms with van der Waals surface area (Å²) in [6, 6.07) is 13.2. The number of phenols is 1. The van der Waals surface area contributed by atoms with E-state index in [1.807, 2.05) is 36.4 Å². The Morgan fingerprint density at radius 1 is 0.867 bits per heavy atom. The Balaban J connectivity index is 2.58. The average molecular weight is 328 g/mol. The Bertz CT molecular complexity index is 457. The number of aromatic hydroxyl groups is 1. The van der Waals surface area contributed by atoms with Gasteiger partial charge >= 0.3 is 0 Å². The Hall–Kier alpha value is -0.800. The smallest absolute Gasteiger partial charge is 0.124 e. The molecule has 0 spiro atoms. The van der Waals surface area contributed by atoms with Gasteiger partial charge in [-0.1, -0.05) is 50.1 Å². The molecule has 2 aromatic rings. The van der Waals surface area contributed by atoms with Gasteiger partial charge in [0.25, 0.3) is 0 Å². The highest BCUT2D eigenvalue weighted by atomic mass is 79.9. The minimum absolute atomic E-state index is 0.284. The molecular formula is C12H8Br2O. The minimum atomic E-state index is 0.284. The van der Waals surface area contributed by atoms with Gasteiger partial charge in [-0.3, -0.25) is 0 Å². The van der Waals surface area contributed by atoms with Crippen molar-refractivity contribution in [3.63, 3.8) is 0 Å². The summed E-state index contributed by atoms with van der Waals surface area (Å²) in [5.41, 5.74) is 1.81. The van der Waals surface area contributed by atoms with Crippen molar-refractivity contribution in [3.05, 3.63) is 51.4 Å². The van der Waals surface area contributed by atoms with Crippen molar-refractivity contribution in [2.24, 2.45) is 0 Å². The molecule has 0 aromatic heterocycles. The molecule has 0 atom stereocenters. The van der Waals surface area contributed by atoms with Crippen molar-refractivity contribution in [2.45, 2.75) is 0 Å². The first-order valence-corrected chi connectivity index (χ1v) is 6.00. The molecule has 0 bridgehead atoms. The van der Waals surface area contributed by atoms with E-state index in [1.165, 1.54) is 0 Å². The summed E-state index contributed by atoms with van der Waals surface area (Å²) >= 11 is 6.81. The van der Waals surface area contributed by atoms with E-state index in [2.05, 4.69) is 31.9 Å². The van der Waals surface area contributed by atoms with Gasteiger partial charge in [0.15, 0.2) is 0 Å². The zero-order chi connectivity index (χ0) is 10.8. The molecule has 2 aromatic carbocycles. The van der Waals surface area contributed by atoms with Crippen LogP contribution in [0.15, 0.2) is 51.4 Å². The lowest BCUT2D eigenvalue weighted by Gasteiger charge is -2.07. The molecule has 0 radical (unpaired) electrons. The molecule has 0 amide bonds. The van der Waals surface area contributed by atoms with Crippen LogP contribution in [0.4, 0.5) is 0 Å². The van der Waals surface area contributed by atoms with Crippen molar-refractivity contribution < 1.29 is 5.11 Å². The second kappa shape index (κ2) is 4.37. The second-order valence-electron chi connectivity index (χ2n) is 3.14. The quantitative estimate of drug-likeness (QED) is 0.812. The largest absolute Gasteiger partial charge is 0.507 e. The molecule has 1 nitrogen and oxygen atoms in total. The van der Waals surface area contributed by atoms with Crippen LogP contribution in [0.2, 0.25) is 0 Å². The fraction of sp³-hybridized carbons (Fsp3) is 0. The highest BCUT2D eigenvalue weighted by Crippen LogP contribution is 2.36. The third kappa shape index (κ3) is 2.24. The molecule has 1 N–H and O–H groups in total. The van der Waals surface area contributed by atoms with Crippen molar-refractivity contribution in [3.8, 4) is 16.9 Å². The van der Waals surface area contributed by atoms with Crippen LogP contribution in [0.3, 0.4) is 0 Å². The molecule has 0 aliphatic carbocycles. The number of phenolic OH excluding ortho intramolecular Hbond substituents is 1. The summed E-state index contributed by atoms with van der Waals surface area (Å²) in [6.45, 7) is 0. The summed E-state index contributed by atoms with van der Waals surface area (Å²) in [4.78, 5) is 0. The molecule has 0 fully saturated rings. The summed E-state index contributed by atoms with van der Waals surface area (Å²) in [6.07, 6.45) is 0. The van der Waals surface area contributed by atoms with E-state index >= 15 is 0 Å². The van der Waals surface area contributed by atoms with Crippen molar-refractivity contribution >= 4 is 31.9 Å². The number of halogens is 2. The SMILES string of the molecule is Oc1cccc(Br)c1-c1ccc(Br)cc1. The van der Waals surface area contributed by atoms with E-state index in [1.54, 1.807) is 6.07 Å². The topological polar surface area (TPSA) is 20.2 Å². The van der Waals surface area contributed by atoms with Crippen molar-refractivity contribution in [2.75, 3.05) is 0 Å². The van der Waals surface area contributed by atoms with Crippen LogP contribution in [0.5, 0.6) is 5.75 Å². The minimum Gasteiger partial charge on any atom is -0.507 e. The van der Waals surface area contributed by atoms with Gasteiger partial charge in [0, 0.05) is 14.5 Å². The number of hydrogen-bond donors (Lipinski definition) is 1. The van der Waals surface area contributed by atoms with Gasteiger partial charge < -0.3 is 5.11 Å². The van der Waals surface area contributed by atoms with Gasteiger partial charge in [-0.2, -0.15) is 0 Å². The Labute approximate surface area is 105 Å². The maximum absolute atomic E-state index is 9.77. The van der Waals surface area contributed by atoms with Gasteiger partial charge in [0.05, 0.1) is 0 Å². The fourth-order valence-electron chi connectivity index (χ4n) is 1.42. The summed E-state index contributed by atoms with van der Waals surface area (Å²) in [5.74, 6) is 0.284. The summed E-state index contributed by atoms with van der Waals surface area (Å²) in [5, 5.41) is 9.77. The van der Waals surface area contributed by atoms with Crippen LogP contribution in [-0.4, -0.2) is 5.11 Å². The van der Waals surface area contributed by atoms with Gasteiger partial charge in [0.2, 0.25) is 0 Å². The molecule has 0 aliphatic rings. The number of hydrogen-bond acceptors (Lipinski definition) is 1. The lowest BCUT2D eigenvalue weighted by molar-refractivity contribution is 0.477. The lowest BCUT2D eigenvalue weighted by Crippen LogP contribution is -1.80. The first-order valence-electron chi connectivity index (χ1n) is 4.42. The summed E-state index contributed by atoms with van der Waals surface area (Å²) < 4.78 is 1.92.